The minimum atomic E-state index is -0.372. The minimum Gasteiger partial charge on any atom is -0.494 e. The van der Waals surface area contributed by atoms with Crippen molar-refractivity contribution in [2.24, 2.45) is 11.8 Å². The molecule has 0 unspecified atom stereocenters. The van der Waals surface area contributed by atoms with Gasteiger partial charge < -0.3 is 14.8 Å². The number of fused-ring (bicyclic) bond motifs is 1. The maximum atomic E-state index is 12.6. The van der Waals surface area contributed by atoms with Gasteiger partial charge in [-0.1, -0.05) is 13.8 Å². The Morgan fingerprint density at radius 1 is 1.21 bits per heavy atom. The van der Waals surface area contributed by atoms with Gasteiger partial charge in [0.1, 0.15) is 11.9 Å². The molecule has 1 atom stereocenters. The van der Waals surface area contributed by atoms with Crippen LogP contribution < -0.4 is 10.1 Å². The van der Waals surface area contributed by atoms with E-state index in [2.05, 4.69) is 30.0 Å². The van der Waals surface area contributed by atoms with Gasteiger partial charge in [-0.25, -0.2) is 0 Å². The number of hydrogen-bond acceptors (Lipinski definition) is 4. The first-order chi connectivity index (χ1) is 14.0. The van der Waals surface area contributed by atoms with Crippen molar-refractivity contribution in [2.75, 3.05) is 19.0 Å². The molecule has 1 aliphatic carbocycles. The van der Waals surface area contributed by atoms with Crippen LogP contribution in [0.3, 0.4) is 0 Å². The van der Waals surface area contributed by atoms with Gasteiger partial charge in [-0.05, 0) is 62.8 Å². The summed E-state index contributed by atoms with van der Waals surface area (Å²) in [7, 11) is 1.62. The van der Waals surface area contributed by atoms with Crippen LogP contribution in [0.5, 0.6) is 5.75 Å². The lowest BCUT2D eigenvalue weighted by Crippen LogP contribution is -2.33. The molecular formula is C23H33N3O3. The van der Waals surface area contributed by atoms with E-state index in [0.717, 1.165) is 42.0 Å². The standard InChI is InChI=1S/C23H33N3O3/c1-15(2)16-7-9-18(10-8-16)26-14-17-12-20(22(28-3)13-19(17)25-26)24-23(27)21-6-4-5-11-29-21/h12-16,18,21H,4-11H2,1-3H3,(H,24,27)/t16-,18-,21-/m0/s1. The highest BCUT2D eigenvalue weighted by atomic mass is 16.5. The summed E-state index contributed by atoms with van der Waals surface area (Å²) in [6.45, 7) is 5.31. The second-order valence-corrected chi connectivity index (χ2v) is 8.88. The molecule has 1 aliphatic heterocycles. The molecule has 4 rings (SSSR count). The summed E-state index contributed by atoms with van der Waals surface area (Å²) in [5.74, 6) is 2.13. The van der Waals surface area contributed by atoms with E-state index in [4.69, 9.17) is 14.6 Å². The van der Waals surface area contributed by atoms with Crippen molar-refractivity contribution in [3.8, 4) is 5.75 Å². The van der Waals surface area contributed by atoms with Crippen LogP contribution >= 0.6 is 0 Å². The Morgan fingerprint density at radius 3 is 2.66 bits per heavy atom. The number of anilines is 1. The number of nitrogens with one attached hydrogen (secondary N) is 1. The van der Waals surface area contributed by atoms with E-state index < -0.39 is 0 Å². The molecule has 0 radical (unpaired) electrons. The van der Waals surface area contributed by atoms with Crippen LogP contribution in [-0.2, 0) is 9.53 Å². The minimum absolute atomic E-state index is 0.0956. The van der Waals surface area contributed by atoms with Gasteiger partial charge in [0.05, 0.1) is 24.4 Å². The molecule has 1 aromatic heterocycles. The number of aromatic nitrogens is 2. The fourth-order valence-corrected chi connectivity index (χ4v) is 4.72. The molecule has 6 heteroatoms. The van der Waals surface area contributed by atoms with Gasteiger partial charge in [-0.3, -0.25) is 9.48 Å². The summed E-state index contributed by atoms with van der Waals surface area (Å²) < 4.78 is 13.3. The Labute approximate surface area is 172 Å². The maximum Gasteiger partial charge on any atom is 0.253 e. The zero-order valence-electron chi connectivity index (χ0n) is 17.8. The molecule has 1 aromatic carbocycles. The molecule has 1 saturated carbocycles. The topological polar surface area (TPSA) is 65.4 Å². The Balaban J connectivity index is 1.52. The number of hydrogen-bond donors (Lipinski definition) is 1. The van der Waals surface area contributed by atoms with Gasteiger partial charge in [-0.2, -0.15) is 5.10 Å². The number of methoxy groups -OCH3 is 1. The second kappa shape index (κ2) is 8.74. The molecule has 2 heterocycles. The van der Waals surface area contributed by atoms with Crippen molar-refractivity contribution in [3.05, 3.63) is 18.3 Å². The summed E-state index contributed by atoms with van der Waals surface area (Å²) in [5, 5.41) is 8.85. The van der Waals surface area contributed by atoms with Gasteiger partial charge in [0.25, 0.3) is 5.91 Å². The summed E-state index contributed by atoms with van der Waals surface area (Å²) >= 11 is 0. The van der Waals surface area contributed by atoms with Crippen molar-refractivity contribution in [1.82, 2.24) is 9.78 Å². The highest BCUT2D eigenvalue weighted by molar-refractivity contribution is 5.98. The third-order valence-corrected chi connectivity index (χ3v) is 6.63. The van der Waals surface area contributed by atoms with E-state index >= 15 is 0 Å². The van der Waals surface area contributed by atoms with E-state index in [1.165, 1.54) is 25.7 Å². The fraction of sp³-hybridized carbons (Fsp3) is 0.652. The Hall–Kier alpha value is -2.08. The van der Waals surface area contributed by atoms with Crippen LogP contribution in [0, 0.1) is 11.8 Å². The fourth-order valence-electron chi connectivity index (χ4n) is 4.72. The first-order valence-corrected chi connectivity index (χ1v) is 11.0. The van der Waals surface area contributed by atoms with E-state index in [9.17, 15) is 4.79 Å². The Bertz CT molecular complexity index is 846. The average Bonchev–Trinajstić information content (AvgIpc) is 3.16. The molecule has 29 heavy (non-hydrogen) atoms. The summed E-state index contributed by atoms with van der Waals surface area (Å²) in [6.07, 6.45) is 9.46. The largest absolute Gasteiger partial charge is 0.494 e. The molecule has 2 aromatic rings. The summed E-state index contributed by atoms with van der Waals surface area (Å²) in [6, 6.07) is 4.35. The zero-order chi connectivity index (χ0) is 20.4. The van der Waals surface area contributed by atoms with E-state index in [1.54, 1.807) is 7.11 Å². The number of amides is 1. The smallest absolute Gasteiger partial charge is 0.253 e. The molecule has 1 N–H and O–H groups in total. The van der Waals surface area contributed by atoms with Crippen molar-refractivity contribution in [2.45, 2.75) is 70.9 Å². The molecular weight excluding hydrogens is 366 g/mol. The predicted octanol–water partition coefficient (Wildman–Crippen LogP) is 4.94. The van der Waals surface area contributed by atoms with Crippen LogP contribution in [0.4, 0.5) is 5.69 Å². The van der Waals surface area contributed by atoms with Gasteiger partial charge in [0.2, 0.25) is 0 Å². The molecule has 6 nitrogen and oxygen atoms in total. The zero-order valence-corrected chi connectivity index (χ0v) is 17.8. The molecule has 1 saturated heterocycles. The maximum absolute atomic E-state index is 12.6. The van der Waals surface area contributed by atoms with Crippen LogP contribution in [0.25, 0.3) is 10.9 Å². The SMILES string of the molecule is COc1cc2nn([C@H]3CC[C@H](C(C)C)CC3)cc2cc1NC(=O)[C@@H]1CCCCO1. The molecule has 0 bridgehead atoms. The first-order valence-electron chi connectivity index (χ1n) is 11.0. The molecule has 1 amide bonds. The molecule has 2 fully saturated rings. The quantitative estimate of drug-likeness (QED) is 0.773. The number of benzene rings is 1. The first kappa shape index (κ1) is 20.2. The molecule has 158 valence electrons. The van der Waals surface area contributed by atoms with Crippen LogP contribution in [0.2, 0.25) is 0 Å². The van der Waals surface area contributed by atoms with E-state index in [0.29, 0.717) is 24.1 Å². The highest BCUT2D eigenvalue weighted by Gasteiger charge is 2.26. The van der Waals surface area contributed by atoms with Crippen molar-refractivity contribution in [1.29, 1.82) is 0 Å². The number of ether oxygens (including phenoxy) is 2. The van der Waals surface area contributed by atoms with Crippen molar-refractivity contribution in [3.63, 3.8) is 0 Å². The Morgan fingerprint density at radius 2 is 2.00 bits per heavy atom. The number of rotatable bonds is 5. The molecule has 0 spiro atoms. The van der Waals surface area contributed by atoms with Crippen LogP contribution in [0.15, 0.2) is 18.3 Å². The van der Waals surface area contributed by atoms with Crippen LogP contribution in [-0.4, -0.2) is 35.5 Å². The van der Waals surface area contributed by atoms with Crippen molar-refractivity contribution >= 4 is 22.5 Å². The lowest BCUT2D eigenvalue weighted by Gasteiger charge is -2.30. The molecule has 2 aliphatic rings. The normalized spacial score (nSPS) is 25.3. The number of carbonyl (C=O) groups excluding carboxylic acids is 1. The Kier molecular flexibility index (Phi) is 6.09. The number of nitrogens with zero attached hydrogens (tertiary/aromatic N) is 2. The third-order valence-electron chi connectivity index (χ3n) is 6.63. The van der Waals surface area contributed by atoms with Gasteiger partial charge in [0, 0.05) is 24.3 Å². The van der Waals surface area contributed by atoms with E-state index in [-0.39, 0.29) is 12.0 Å². The van der Waals surface area contributed by atoms with Gasteiger partial charge in [0.15, 0.2) is 0 Å². The predicted molar refractivity (Wildman–Crippen MR) is 114 cm³/mol. The highest BCUT2D eigenvalue weighted by Crippen LogP contribution is 2.37. The van der Waals surface area contributed by atoms with Crippen molar-refractivity contribution < 1.29 is 14.3 Å². The third kappa shape index (κ3) is 4.42. The lowest BCUT2D eigenvalue weighted by atomic mass is 9.80. The second-order valence-electron chi connectivity index (χ2n) is 8.88. The van der Waals surface area contributed by atoms with Crippen LogP contribution in [0.1, 0.15) is 64.8 Å². The lowest BCUT2D eigenvalue weighted by molar-refractivity contribution is -0.129. The summed E-state index contributed by atoms with van der Waals surface area (Å²) in [5.41, 5.74) is 1.59. The summed E-state index contributed by atoms with van der Waals surface area (Å²) in [4.78, 5) is 12.6. The monoisotopic (exact) mass is 399 g/mol. The van der Waals surface area contributed by atoms with Gasteiger partial charge >= 0.3 is 0 Å². The van der Waals surface area contributed by atoms with E-state index in [1.807, 2.05) is 12.1 Å². The average molecular weight is 400 g/mol. The number of carbonyl (C=O) groups is 1. The van der Waals surface area contributed by atoms with Gasteiger partial charge in [-0.15, -0.1) is 0 Å².